The molecular formula is C21H23N3O4S. The zero-order chi connectivity index (χ0) is 21.0. The molecule has 0 radical (unpaired) electrons. The molecule has 0 fully saturated rings. The minimum atomic E-state index is -0.430. The quantitative estimate of drug-likeness (QED) is 0.432. The number of carbonyl (C=O) groups excluding carboxylic acids is 1. The number of fused-ring (bicyclic) bond motifs is 1. The van der Waals surface area contributed by atoms with Crippen LogP contribution in [0.4, 0.5) is 5.69 Å². The van der Waals surface area contributed by atoms with Crippen molar-refractivity contribution in [3.63, 3.8) is 0 Å². The summed E-state index contributed by atoms with van der Waals surface area (Å²) in [4.78, 5) is 28.1. The fourth-order valence-electron chi connectivity index (χ4n) is 3.00. The number of nitro groups is 1. The van der Waals surface area contributed by atoms with Crippen LogP contribution < -0.4 is 4.80 Å². The maximum atomic E-state index is 12.6. The molecule has 1 aromatic heterocycles. The Labute approximate surface area is 172 Å². The van der Waals surface area contributed by atoms with Gasteiger partial charge in [-0.25, -0.2) is 0 Å². The number of rotatable bonds is 7. The van der Waals surface area contributed by atoms with Gasteiger partial charge in [-0.3, -0.25) is 14.9 Å². The van der Waals surface area contributed by atoms with E-state index in [1.54, 1.807) is 17.7 Å². The number of benzene rings is 2. The van der Waals surface area contributed by atoms with Gasteiger partial charge < -0.3 is 9.30 Å². The standard InChI is InChI=1S/C21H23N3O4S/c1-14(2)16-6-4-15(5-7-16)12-20(25)22-21-23(10-11-28-3)18-13-17(24(26)27)8-9-19(18)29-21/h4-9,13-14H,10-12H2,1-3H3. The average Bonchev–Trinajstić information content (AvgIpc) is 3.02. The van der Waals surface area contributed by atoms with Gasteiger partial charge in [0.2, 0.25) is 0 Å². The van der Waals surface area contributed by atoms with Crippen molar-refractivity contribution in [2.45, 2.75) is 32.7 Å². The third-order valence-electron chi connectivity index (χ3n) is 4.62. The van der Waals surface area contributed by atoms with Crippen LogP contribution in [0.2, 0.25) is 0 Å². The van der Waals surface area contributed by atoms with Gasteiger partial charge in [0, 0.05) is 25.8 Å². The molecule has 152 valence electrons. The number of nitro benzene ring substituents is 1. The van der Waals surface area contributed by atoms with Crippen molar-refractivity contribution in [3.8, 4) is 0 Å². The molecule has 0 atom stereocenters. The summed E-state index contributed by atoms with van der Waals surface area (Å²) >= 11 is 1.34. The van der Waals surface area contributed by atoms with Crippen LogP contribution in [0.15, 0.2) is 47.5 Å². The molecule has 0 N–H and O–H groups in total. The lowest BCUT2D eigenvalue weighted by Crippen LogP contribution is -2.19. The molecule has 0 spiro atoms. The molecule has 8 heteroatoms. The summed E-state index contributed by atoms with van der Waals surface area (Å²) in [7, 11) is 1.58. The monoisotopic (exact) mass is 413 g/mol. The molecule has 0 bridgehead atoms. The van der Waals surface area contributed by atoms with E-state index in [0.29, 0.717) is 29.4 Å². The maximum absolute atomic E-state index is 12.6. The minimum Gasteiger partial charge on any atom is -0.383 e. The average molecular weight is 413 g/mol. The first-order chi connectivity index (χ1) is 13.9. The van der Waals surface area contributed by atoms with Gasteiger partial charge in [0.05, 0.1) is 28.2 Å². The van der Waals surface area contributed by atoms with Gasteiger partial charge in [-0.1, -0.05) is 49.4 Å². The molecule has 0 aliphatic heterocycles. The summed E-state index contributed by atoms with van der Waals surface area (Å²) in [6, 6.07) is 12.6. The lowest BCUT2D eigenvalue weighted by Gasteiger charge is -2.06. The fraction of sp³-hybridized carbons (Fsp3) is 0.333. The van der Waals surface area contributed by atoms with E-state index in [1.165, 1.54) is 29.0 Å². The fourth-order valence-corrected chi connectivity index (χ4v) is 4.05. The molecule has 0 saturated heterocycles. The Morgan fingerprint density at radius 2 is 1.97 bits per heavy atom. The van der Waals surface area contributed by atoms with Crippen molar-refractivity contribution in [2.75, 3.05) is 13.7 Å². The number of thiazole rings is 1. The molecule has 2 aromatic carbocycles. The van der Waals surface area contributed by atoms with Gasteiger partial charge in [-0.2, -0.15) is 4.99 Å². The van der Waals surface area contributed by atoms with Gasteiger partial charge in [-0.15, -0.1) is 0 Å². The third-order valence-corrected chi connectivity index (χ3v) is 5.68. The molecule has 7 nitrogen and oxygen atoms in total. The van der Waals surface area contributed by atoms with Crippen molar-refractivity contribution in [3.05, 3.63) is 68.5 Å². The Balaban J connectivity index is 1.94. The lowest BCUT2D eigenvalue weighted by molar-refractivity contribution is -0.384. The Bertz CT molecular complexity index is 1100. The van der Waals surface area contributed by atoms with Crippen LogP contribution in [-0.4, -0.2) is 29.1 Å². The van der Waals surface area contributed by atoms with Crippen LogP contribution in [0.25, 0.3) is 10.2 Å². The number of ether oxygens (including phenoxy) is 1. The van der Waals surface area contributed by atoms with E-state index >= 15 is 0 Å². The molecule has 0 unspecified atom stereocenters. The van der Waals surface area contributed by atoms with Gasteiger partial charge in [0.15, 0.2) is 4.80 Å². The Hall–Kier alpha value is -2.84. The minimum absolute atomic E-state index is 0.00425. The topological polar surface area (TPSA) is 86.7 Å². The van der Waals surface area contributed by atoms with Gasteiger partial charge in [-0.05, 0) is 23.1 Å². The highest BCUT2D eigenvalue weighted by Crippen LogP contribution is 2.23. The molecule has 3 rings (SSSR count). The highest BCUT2D eigenvalue weighted by Gasteiger charge is 2.13. The third kappa shape index (κ3) is 4.96. The zero-order valence-corrected chi connectivity index (χ0v) is 17.4. The van der Waals surface area contributed by atoms with E-state index in [4.69, 9.17) is 4.74 Å². The van der Waals surface area contributed by atoms with E-state index in [1.807, 2.05) is 24.3 Å². The number of hydrogen-bond donors (Lipinski definition) is 0. The number of hydrogen-bond acceptors (Lipinski definition) is 5. The predicted octanol–water partition coefficient (Wildman–Crippen LogP) is 4.05. The van der Waals surface area contributed by atoms with Crippen molar-refractivity contribution in [1.29, 1.82) is 0 Å². The number of aromatic nitrogens is 1. The van der Waals surface area contributed by atoms with Crippen LogP contribution in [0.1, 0.15) is 30.9 Å². The molecule has 29 heavy (non-hydrogen) atoms. The van der Waals surface area contributed by atoms with Crippen molar-refractivity contribution in [2.24, 2.45) is 4.99 Å². The first-order valence-electron chi connectivity index (χ1n) is 9.32. The van der Waals surface area contributed by atoms with Gasteiger partial charge in [0.25, 0.3) is 11.6 Å². The summed E-state index contributed by atoms with van der Waals surface area (Å²) < 4.78 is 7.79. The molecule has 3 aromatic rings. The molecule has 0 aliphatic carbocycles. The second kappa shape index (κ2) is 9.11. The van der Waals surface area contributed by atoms with Crippen LogP contribution in [0.5, 0.6) is 0 Å². The zero-order valence-electron chi connectivity index (χ0n) is 16.6. The van der Waals surface area contributed by atoms with E-state index in [0.717, 1.165) is 10.3 Å². The van der Waals surface area contributed by atoms with Crippen molar-refractivity contribution < 1.29 is 14.5 Å². The highest BCUT2D eigenvalue weighted by molar-refractivity contribution is 7.16. The number of carbonyl (C=O) groups is 1. The first-order valence-corrected chi connectivity index (χ1v) is 10.1. The number of methoxy groups -OCH3 is 1. The molecule has 1 amide bonds. The Kier molecular flexibility index (Phi) is 6.56. The summed E-state index contributed by atoms with van der Waals surface area (Å²) in [5, 5.41) is 11.1. The van der Waals surface area contributed by atoms with Crippen LogP contribution in [0.3, 0.4) is 0 Å². The van der Waals surface area contributed by atoms with Crippen LogP contribution in [0, 0.1) is 10.1 Å². The van der Waals surface area contributed by atoms with E-state index in [-0.39, 0.29) is 18.0 Å². The smallest absolute Gasteiger partial charge is 0.271 e. The SMILES string of the molecule is COCCn1c(=NC(=O)Cc2ccc(C(C)C)cc2)sc2ccc([N+](=O)[O-])cc21. The van der Waals surface area contributed by atoms with Gasteiger partial charge in [0.1, 0.15) is 0 Å². The molecule has 1 heterocycles. The van der Waals surface area contributed by atoms with Crippen molar-refractivity contribution >= 4 is 33.1 Å². The second-order valence-electron chi connectivity index (χ2n) is 7.02. The summed E-state index contributed by atoms with van der Waals surface area (Å²) in [5.41, 5.74) is 2.81. The largest absolute Gasteiger partial charge is 0.383 e. The van der Waals surface area contributed by atoms with Crippen LogP contribution in [-0.2, 0) is 22.5 Å². The molecule has 0 aliphatic rings. The predicted molar refractivity (Wildman–Crippen MR) is 113 cm³/mol. The normalized spacial score (nSPS) is 12.1. The van der Waals surface area contributed by atoms with Crippen LogP contribution >= 0.6 is 11.3 Å². The van der Waals surface area contributed by atoms with E-state index in [9.17, 15) is 14.9 Å². The maximum Gasteiger partial charge on any atom is 0.271 e. The van der Waals surface area contributed by atoms with Crippen molar-refractivity contribution in [1.82, 2.24) is 4.57 Å². The summed E-state index contributed by atoms with van der Waals surface area (Å²) in [6.45, 7) is 5.11. The Morgan fingerprint density at radius 1 is 1.24 bits per heavy atom. The molecule has 0 saturated carbocycles. The Morgan fingerprint density at radius 3 is 2.59 bits per heavy atom. The first kappa shape index (κ1) is 20.9. The molecular weight excluding hydrogens is 390 g/mol. The summed E-state index contributed by atoms with van der Waals surface area (Å²) in [6.07, 6.45) is 0.205. The summed E-state index contributed by atoms with van der Waals surface area (Å²) in [5.74, 6) is 0.182. The number of nitrogens with zero attached hydrogens (tertiary/aromatic N) is 3. The van der Waals surface area contributed by atoms with Gasteiger partial charge >= 0.3 is 0 Å². The highest BCUT2D eigenvalue weighted by atomic mass is 32.1. The second-order valence-corrected chi connectivity index (χ2v) is 8.03. The number of amides is 1. The van der Waals surface area contributed by atoms with E-state index in [2.05, 4.69) is 18.8 Å². The number of non-ortho nitro benzene ring substituents is 1. The lowest BCUT2D eigenvalue weighted by atomic mass is 10.0. The van der Waals surface area contributed by atoms with E-state index < -0.39 is 4.92 Å².